The van der Waals surface area contributed by atoms with Crippen molar-refractivity contribution in [2.24, 2.45) is 5.92 Å². The Morgan fingerprint density at radius 2 is 2.30 bits per heavy atom. The van der Waals surface area contributed by atoms with Crippen LogP contribution in [-0.2, 0) is 12.8 Å². The Balaban J connectivity index is 1.68. The van der Waals surface area contributed by atoms with Crippen molar-refractivity contribution in [3.8, 4) is 0 Å². The van der Waals surface area contributed by atoms with Gasteiger partial charge >= 0.3 is 0 Å². The van der Waals surface area contributed by atoms with Crippen LogP contribution in [0.25, 0.3) is 0 Å². The van der Waals surface area contributed by atoms with E-state index in [1.54, 1.807) is 0 Å². The lowest BCUT2D eigenvalue weighted by atomic mass is 9.87. The van der Waals surface area contributed by atoms with Crippen molar-refractivity contribution >= 4 is 11.8 Å². The van der Waals surface area contributed by atoms with Crippen molar-refractivity contribution in [3.05, 3.63) is 23.3 Å². The van der Waals surface area contributed by atoms with E-state index in [-0.39, 0.29) is 0 Å². The summed E-state index contributed by atoms with van der Waals surface area (Å²) in [5.41, 5.74) is 2.72. The Labute approximate surface area is 126 Å². The number of nitrogens with one attached hydrogen (secondary N) is 1. The van der Waals surface area contributed by atoms with E-state index < -0.39 is 0 Å². The monoisotopic (exact) mass is 291 g/mol. The van der Waals surface area contributed by atoms with E-state index >= 15 is 0 Å². The number of rotatable bonds is 4. The Hall–Kier alpha value is -0.610. The molecule has 3 rings (SSSR count). The molecule has 0 saturated carbocycles. The third kappa shape index (κ3) is 3.34. The average molecular weight is 291 g/mol. The molecule has 0 aromatic carbocycles. The number of hydrogen-bond donors (Lipinski definition) is 1. The lowest BCUT2D eigenvalue weighted by Gasteiger charge is -2.26. The Morgan fingerprint density at radius 3 is 3.10 bits per heavy atom. The van der Waals surface area contributed by atoms with Gasteiger partial charge in [0.15, 0.2) is 0 Å². The molecule has 0 spiro atoms. The van der Waals surface area contributed by atoms with Crippen LogP contribution >= 0.6 is 11.8 Å². The van der Waals surface area contributed by atoms with E-state index in [4.69, 9.17) is 4.98 Å². The van der Waals surface area contributed by atoms with Gasteiger partial charge in [0.05, 0.1) is 5.25 Å². The fourth-order valence-electron chi connectivity index (χ4n) is 3.22. The molecule has 2 atom stereocenters. The molecule has 1 saturated heterocycles. The molecule has 3 nitrogen and oxygen atoms in total. The van der Waals surface area contributed by atoms with E-state index in [1.165, 1.54) is 42.7 Å². The first-order chi connectivity index (χ1) is 9.86. The molecule has 1 aliphatic carbocycles. The van der Waals surface area contributed by atoms with Gasteiger partial charge in [-0.25, -0.2) is 9.97 Å². The molecule has 0 radical (unpaired) electrons. The summed E-state index contributed by atoms with van der Waals surface area (Å²) < 4.78 is 0. The third-order valence-corrected chi connectivity index (χ3v) is 5.79. The van der Waals surface area contributed by atoms with Gasteiger partial charge in [-0.15, -0.1) is 0 Å². The minimum Gasteiger partial charge on any atom is -0.317 e. The normalized spacial score (nSPS) is 26.2. The van der Waals surface area contributed by atoms with Crippen LogP contribution in [0.15, 0.2) is 6.20 Å². The van der Waals surface area contributed by atoms with Crippen LogP contribution in [0.3, 0.4) is 0 Å². The van der Waals surface area contributed by atoms with E-state index in [0.717, 1.165) is 37.7 Å². The summed E-state index contributed by atoms with van der Waals surface area (Å²) in [6.07, 6.45) is 9.63. The highest BCUT2D eigenvalue weighted by molar-refractivity contribution is 7.99. The number of thioether (sulfide) groups is 1. The standard InChI is InChI=1S/C16H25N3S/c1-2-17-10-12-6-7-14-13(9-12)11-18-16(19-14)15-5-3-4-8-20-15/h11-12,15,17H,2-10H2,1H3. The zero-order valence-electron chi connectivity index (χ0n) is 12.4. The highest BCUT2D eigenvalue weighted by atomic mass is 32.2. The highest BCUT2D eigenvalue weighted by Crippen LogP contribution is 2.37. The predicted molar refractivity (Wildman–Crippen MR) is 85.1 cm³/mol. The molecule has 2 heterocycles. The number of fused-ring (bicyclic) bond motifs is 1. The maximum absolute atomic E-state index is 4.90. The molecule has 1 aromatic rings. The van der Waals surface area contributed by atoms with Crippen molar-refractivity contribution in [3.63, 3.8) is 0 Å². The quantitative estimate of drug-likeness (QED) is 0.925. The van der Waals surface area contributed by atoms with Crippen LogP contribution in [0.2, 0.25) is 0 Å². The highest BCUT2D eigenvalue weighted by Gasteiger charge is 2.23. The Kier molecular flexibility index (Phi) is 4.94. The number of aromatic nitrogens is 2. The first-order valence-electron chi connectivity index (χ1n) is 8.04. The summed E-state index contributed by atoms with van der Waals surface area (Å²) in [4.78, 5) is 9.58. The van der Waals surface area contributed by atoms with Gasteiger partial charge in [-0.1, -0.05) is 13.3 Å². The van der Waals surface area contributed by atoms with Crippen molar-refractivity contribution in [2.75, 3.05) is 18.8 Å². The van der Waals surface area contributed by atoms with Gasteiger partial charge < -0.3 is 5.32 Å². The molecule has 20 heavy (non-hydrogen) atoms. The first-order valence-corrected chi connectivity index (χ1v) is 9.08. The topological polar surface area (TPSA) is 37.8 Å². The Morgan fingerprint density at radius 1 is 1.35 bits per heavy atom. The molecule has 2 aliphatic rings. The van der Waals surface area contributed by atoms with Crippen molar-refractivity contribution in [1.29, 1.82) is 0 Å². The van der Waals surface area contributed by atoms with Gasteiger partial charge in [0.2, 0.25) is 0 Å². The number of nitrogens with zero attached hydrogens (tertiary/aromatic N) is 2. The predicted octanol–water partition coefficient (Wildman–Crippen LogP) is 3.15. The fourth-order valence-corrected chi connectivity index (χ4v) is 4.47. The van der Waals surface area contributed by atoms with E-state index in [2.05, 4.69) is 23.4 Å². The van der Waals surface area contributed by atoms with Crippen molar-refractivity contribution < 1.29 is 0 Å². The maximum atomic E-state index is 4.90. The first kappa shape index (κ1) is 14.3. The lowest BCUT2D eigenvalue weighted by molar-refractivity contribution is 0.423. The van der Waals surface area contributed by atoms with E-state index in [0.29, 0.717) is 5.25 Å². The van der Waals surface area contributed by atoms with Gasteiger partial charge in [0.1, 0.15) is 5.82 Å². The molecule has 1 aromatic heterocycles. The summed E-state index contributed by atoms with van der Waals surface area (Å²) in [6.45, 7) is 4.38. The van der Waals surface area contributed by atoms with Gasteiger partial charge in [-0.2, -0.15) is 11.8 Å². The maximum Gasteiger partial charge on any atom is 0.141 e. The Bertz CT molecular complexity index is 443. The molecular formula is C16H25N3S. The molecule has 4 heteroatoms. The van der Waals surface area contributed by atoms with Crippen LogP contribution in [0.1, 0.15) is 54.9 Å². The third-order valence-electron chi connectivity index (χ3n) is 4.42. The SMILES string of the molecule is CCNCC1CCc2nc(C3CCCCS3)ncc2C1. The van der Waals surface area contributed by atoms with Crippen LogP contribution in [-0.4, -0.2) is 28.8 Å². The molecule has 1 fully saturated rings. The zero-order valence-corrected chi connectivity index (χ0v) is 13.2. The van der Waals surface area contributed by atoms with Crippen molar-refractivity contribution in [1.82, 2.24) is 15.3 Å². The van der Waals surface area contributed by atoms with Crippen LogP contribution in [0.5, 0.6) is 0 Å². The zero-order chi connectivity index (χ0) is 13.8. The summed E-state index contributed by atoms with van der Waals surface area (Å²) in [7, 11) is 0. The van der Waals surface area contributed by atoms with E-state index in [9.17, 15) is 0 Å². The second-order valence-corrected chi connectivity index (χ2v) is 7.28. The largest absolute Gasteiger partial charge is 0.317 e. The summed E-state index contributed by atoms with van der Waals surface area (Å²) >= 11 is 2.04. The number of hydrogen-bond acceptors (Lipinski definition) is 4. The van der Waals surface area contributed by atoms with Crippen LogP contribution in [0, 0.1) is 5.92 Å². The van der Waals surface area contributed by atoms with Gasteiger partial charge in [-0.05, 0) is 62.4 Å². The van der Waals surface area contributed by atoms with Crippen molar-refractivity contribution in [2.45, 2.75) is 50.7 Å². The second kappa shape index (κ2) is 6.90. The van der Waals surface area contributed by atoms with Gasteiger partial charge in [-0.3, -0.25) is 0 Å². The molecule has 1 N–H and O–H groups in total. The fraction of sp³-hybridized carbons (Fsp3) is 0.750. The average Bonchev–Trinajstić information content (AvgIpc) is 2.53. The summed E-state index contributed by atoms with van der Waals surface area (Å²) in [5, 5.41) is 4.02. The molecule has 1 aliphatic heterocycles. The lowest BCUT2D eigenvalue weighted by Crippen LogP contribution is -2.28. The van der Waals surface area contributed by atoms with Gasteiger partial charge in [0, 0.05) is 11.9 Å². The molecule has 2 unspecified atom stereocenters. The minimum absolute atomic E-state index is 0.550. The van der Waals surface area contributed by atoms with Gasteiger partial charge in [0.25, 0.3) is 0 Å². The molecular weight excluding hydrogens is 266 g/mol. The molecule has 110 valence electrons. The smallest absolute Gasteiger partial charge is 0.141 e. The van der Waals surface area contributed by atoms with Crippen LogP contribution < -0.4 is 5.32 Å². The molecule has 0 bridgehead atoms. The summed E-state index contributed by atoms with van der Waals surface area (Å²) in [5.74, 6) is 3.13. The minimum atomic E-state index is 0.550. The second-order valence-electron chi connectivity index (χ2n) is 5.97. The molecule has 0 amide bonds. The summed E-state index contributed by atoms with van der Waals surface area (Å²) in [6, 6.07) is 0. The number of aryl methyl sites for hydroxylation is 1. The van der Waals surface area contributed by atoms with Crippen LogP contribution in [0.4, 0.5) is 0 Å². The van der Waals surface area contributed by atoms with E-state index in [1.807, 2.05) is 11.8 Å².